The van der Waals surface area contributed by atoms with Crippen molar-refractivity contribution in [1.82, 2.24) is 14.8 Å². The number of aryl methyl sites for hydroxylation is 1. The molecule has 0 atom stereocenters. The van der Waals surface area contributed by atoms with Crippen molar-refractivity contribution in [2.75, 3.05) is 37.8 Å². The van der Waals surface area contributed by atoms with E-state index in [2.05, 4.69) is 34.0 Å². The highest BCUT2D eigenvalue weighted by Crippen LogP contribution is 2.27. The first-order valence-electron chi connectivity index (χ1n) is 8.35. The highest BCUT2D eigenvalue weighted by molar-refractivity contribution is 5.76. The molecule has 1 saturated heterocycles. The molecule has 134 valence electrons. The lowest BCUT2D eigenvalue weighted by atomic mass is 10.1. The number of aliphatic hydroxyl groups is 1. The average Bonchev–Trinajstić information content (AvgIpc) is 2.97. The molecule has 0 saturated carbocycles. The highest BCUT2D eigenvalue weighted by Gasteiger charge is 2.17. The molecule has 1 fully saturated rings. The number of nitrogens with zero attached hydrogens (tertiary/aromatic N) is 4. The number of aromatic nitrogens is 3. The van der Waals surface area contributed by atoms with E-state index in [1.54, 1.807) is 4.68 Å². The van der Waals surface area contributed by atoms with Crippen LogP contribution >= 0.6 is 0 Å². The first-order chi connectivity index (χ1) is 12.1. The molecule has 0 unspecified atom stereocenters. The fourth-order valence-corrected chi connectivity index (χ4v) is 3.04. The van der Waals surface area contributed by atoms with Crippen LogP contribution in [-0.2, 0) is 22.5 Å². The number of primary amides is 1. The minimum absolute atomic E-state index is 0.0176. The maximum Gasteiger partial charge on any atom is 0.225 e. The van der Waals surface area contributed by atoms with Crippen LogP contribution in [-0.4, -0.2) is 58.7 Å². The van der Waals surface area contributed by atoms with Gasteiger partial charge in [0.15, 0.2) is 11.6 Å². The van der Waals surface area contributed by atoms with Gasteiger partial charge in [-0.2, -0.15) is 5.10 Å². The number of benzene rings is 1. The van der Waals surface area contributed by atoms with E-state index in [-0.39, 0.29) is 13.0 Å². The molecule has 2 aromatic rings. The molecule has 0 aliphatic carbocycles. The summed E-state index contributed by atoms with van der Waals surface area (Å²) in [6, 6.07) is 6.11. The fourth-order valence-electron chi connectivity index (χ4n) is 3.04. The monoisotopic (exact) mass is 345 g/mol. The van der Waals surface area contributed by atoms with Gasteiger partial charge in [0, 0.05) is 24.3 Å². The van der Waals surface area contributed by atoms with Crippen LogP contribution < -0.4 is 10.6 Å². The molecule has 1 aliphatic heterocycles. The number of morpholine rings is 1. The Kier molecular flexibility index (Phi) is 5.30. The van der Waals surface area contributed by atoms with E-state index in [4.69, 9.17) is 10.5 Å². The number of ether oxygens (including phenoxy) is 1. The number of carbonyl (C=O) groups is 1. The summed E-state index contributed by atoms with van der Waals surface area (Å²) in [5.74, 6) is 0.513. The Hall–Kier alpha value is -2.45. The van der Waals surface area contributed by atoms with E-state index in [9.17, 15) is 9.90 Å². The summed E-state index contributed by atoms with van der Waals surface area (Å²) >= 11 is 0. The van der Waals surface area contributed by atoms with Gasteiger partial charge in [0.05, 0.1) is 32.8 Å². The van der Waals surface area contributed by atoms with Crippen molar-refractivity contribution in [3.05, 3.63) is 29.6 Å². The van der Waals surface area contributed by atoms with Crippen LogP contribution in [0.5, 0.6) is 0 Å². The normalized spacial score (nSPS) is 14.7. The Morgan fingerprint density at radius 3 is 2.76 bits per heavy atom. The molecular formula is C17H23N5O3. The van der Waals surface area contributed by atoms with Gasteiger partial charge < -0.3 is 20.5 Å². The molecule has 1 amide bonds. The van der Waals surface area contributed by atoms with Gasteiger partial charge in [-0.25, -0.2) is 9.67 Å². The third kappa shape index (κ3) is 3.97. The number of rotatable bonds is 6. The zero-order valence-electron chi connectivity index (χ0n) is 14.3. The number of hydrogen-bond donors (Lipinski definition) is 2. The van der Waals surface area contributed by atoms with Crippen molar-refractivity contribution in [1.29, 1.82) is 0 Å². The molecule has 25 heavy (non-hydrogen) atoms. The van der Waals surface area contributed by atoms with Crippen molar-refractivity contribution >= 4 is 11.6 Å². The van der Waals surface area contributed by atoms with Gasteiger partial charge in [0.2, 0.25) is 5.91 Å². The topological polar surface area (TPSA) is 107 Å². The number of anilines is 1. The Bertz CT molecular complexity index is 753. The van der Waals surface area contributed by atoms with Crippen molar-refractivity contribution < 1.29 is 14.6 Å². The number of amides is 1. The number of carbonyl (C=O) groups excluding carboxylic acids is 1. The molecule has 8 nitrogen and oxygen atoms in total. The van der Waals surface area contributed by atoms with Gasteiger partial charge in [0.1, 0.15) is 0 Å². The lowest BCUT2D eigenvalue weighted by Crippen LogP contribution is -2.36. The van der Waals surface area contributed by atoms with E-state index in [1.165, 1.54) is 5.69 Å². The second-order valence-corrected chi connectivity index (χ2v) is 6.04. The summed E-state index contributed by atoms with van der Waals surface area (Å²) in [6.45, 7) is 5.55. The van der Waals surface area contributed by atoms with Crippen LogP contribution in [0.4, 0.5) is 5.69 Å². The van der Waals surface area contributed by atoms with Crippen LogP contribution in [0, 0.1) is 6.92 Å². The number of aliphatic hydroxyl groups excluding tert-OH is 1. The van der Waals surface area contributed by atoms with E-state index in [1.807, 2.05) is 6.07 Å². The maximum absolute atomic E-state index is 11.1. The van der Waals surface area contributed by atoms with Gasteiger partial charge in [0.25, 0.3) is 0 Å². The van der Waals surface area contributed by atoms with Gasteiger partial charge in [-0.05, 0) is 30.7 Å². The summed E-state index contributed by atoms with van der Waals surface area (Å²) in [4.78, 5) is 17.9. The Morgan fingerprint density at radius 2 is 2.12 bits per heavy atom. The van der Waals surface area contributed by atoms with E-state index >= 15 is 0 Å². The lowest BCUT2D eigenvalue weighted by Gasteiger charge is -2.30. The maximum atomic E-state index is 11.1. The predicted molar refractivity (Wildman–Crippen MR) is 93.2 cm³/mol. The SMILES string of the molecule is Cc1cc(-c2nc(CC(N)=O)nn2CCO)ccc1N1CCOCC1. The van der Waals surface area contributed by atoms with Crippen molar-refractivity contribution in [3.8, 4) is 11.4 Å². The molecule has 3 rings (SSSR count). The zero-order valence-corrected chi connectivity index (χ0v) is 14.3. The second kappa shape index (κ2) is 7.62. The fraction of sp³-hybridized carbons (Fsp3) is 0.471. The standard InChI is InChI=1S/C17H23N5O3/c1-12-10-13(2-3-14(12)21-5-8-25-9-6-21)17-19-16(11-15(18)24)20-22(17)4-7-23/h2-3,10,23H,4-9,11H2,1H3,(H2,18,24). The van der Waals surface area contributed by atoms with E-state index in [0.717, 1.165) is 37.4 Å². The molecule has 0 bridgehead atoms. The first kappa shape index (κ1) is 17.4. The minimum atomic E-state index is -0.480. The van der Waals surface area contributed by atoms with E-state index in [0.29, 0.717) is 18.2 Å². The Labute approximate surface area is 146 Å². The quantitative estimate of drug-likeness (QED) is 0.770. The van der Waals surface area contributed by atoms with Gasteiger partial charge in [-0.3, -0.25) is 4.79 Å². The largest absolute Gasteiger partial charge is 0.394 e. The molecule has 0 radical (unpaired) electrons. The van der Waals surface area contributed by atoms with Crippen molar-refractivity contribution in [3.63, 3.8) is 0 Å². The molecule has 1 aromatic heterocycles. The smallest absolute Gasteiger partial charge is 0.225 e. The molecule has 3 N–H and O–H groups in total. The van der Waals surface area contributed by atoms with E-state index < -0.39 is 5.91 Å². The van der Waals surface area contributed by atoms with Crippen molar-refractivity contribution in [2.24, 2.45) is 5.73 Å². The lowest BCUT2D eigenvalue weighted by molar-refractivity contribution is -0.117. The van der Waals surface area contributed by atoms with Crippen LogP contribution in [0.3, 0.4) is 0 Å². The van der Waals surface area contributed by atoms with Crippen LogP contribution in [0.1, 0.15) is 11.4 Å². The third-order valence-corrected chi connectivity index (χ3v) is 4.17. The predicted octanol–water partition coefficient (Wildman–Crippen LogP) is 0.110. The molecule has 1 aliphatic rings. The molecule has 8 heteroatoms. The molecule has 1 aromatic carbocycles. The summed E-state index contributed by atoms with van der Waals surface area (Å²) < 4.78 is 7.02. The van der Waals surface area contributed by atoms with Gasteiger partial charge in [-0.15, -0.1) is 0 Å². The Balaban J connectivity index is 1.91. The number of nitrogens with two attached hydrogens (primary N) is 1. The average molecular weight is 345 g/mol. The molecular weight excluding hydrogens is 322 g/mol. The zero-order chi connectivity index (χ0) is 17.8. The molecule has 0 spiro atoms. The Morgan fingerprint density at radius 1 is 1.36 bits per heavy atom. The summed E-state index contributed by atoms with van der Waals surface area (Å²) in [5.41, 5.74) is 8.44. The van der Waals surface area contributed by atoms with Crippen LogP contribution in [0.15, 0.2) is 18.2 Å². The third-order valence-electron chi connectivity index (χ3n) is 4.17. The van der Waals surface area contributed by atoms with Crippen LogP contribution in [0.2, 0.25) is 0 Å². The highest BCUT2D eigenvalue weighted by atomic mass is 16.5. The summed E-state index contributed by atoms with van der Waals surface area (Å²) in [5, 5.41) is 13.5. The van der Waals surface area contributed by atoms with Crippen LogP contribution in [0.25, 0.3) is 11.4 Å². The van der Waals surface area contributed by atoms with Gasteiger partial charge >= 0.3 is 0 Å². The summed E-state index contributed by atoms with van der Waals surface area (Å²) in [7, 11) is 0. The van der Waals surface area contributed by atoms with Gasteiger partial charge in [-0.1, -0.05) is 0 Å². The minimum Gasteiger partial charge on any atom is -0.394 e. The summed E-state index contributed by atoms with van der Waals surface area (Å²) in [6.07, 6.45) is -0.0176. The first-order valence-corrected chi connectivity index (χ1v) is 8.35. The van der Waals surface area contributed by atoms with Crippen molar-refractivity contribution in [2.45, 2.75) is 19.9 Å². The second-order valence-electron chi connectivity index (χ2n) is 6.04. The number of hydrogen-bond acceptors (Lipinski definition) is 6. The molecule has 2 heterocycles.